The van der Waals surface area contributed by atoms with Gasteiger partial charge in [0, 0.05) is 17.9 Å². The lowest BCUT2D eigenvalue weighted by molar-refractivity contribution is 0.540. The van der Waals surface area contributed by atoms with Crippen molar-refractivity contribution >= 4 is 11.8 Å². The molecule has 0 aliphatic rings. The van der Waals surface area contributed by atoms with Crippen molar-refractivity contribution in [3.63, 3.8) is 0 Å². The minimum absolute atomic E-state index is 0.159. The van der Waals surface area contributed by atoms with Gasteiger partial charge in [-0.25, -0.2) is 14.9 Å². The molecule has 0 saturated carbocycles. The molecule has 126 valence electrons. The van der Waals surface area contributed by atoms with E-state index in [1.807, 2.05) is 37.3 Å². The van der Waals surface area contributed by atoms with Crippen LogP contribution in [-0.2, 0) is 12.3 Å². The highest BCUT2D eigenvalue weighted by Gasteiger charge is 2.14. The summed E-state index contributed by atoms with van der Waals surface area (Å²) in [6.45, 7) is 4.69. The van der Waals surface area contributed by atoms with Crippen molar-refractivity contribution in [2.75, 3.05) is 0 Å². The number of nitrogens with zero attached hydrogens (tertiary/aromatic N) is 3. The molecule has 24 heavy (non-hydrogen) atoms. The fourth-order valence-corrected chi connectivity index (χ4v) is 3.30. The molecule has 1 aromatic carbocycles. The van der Waals surface area contributed by atoms with Crippen LogP contribution in [-0.4, -0.2) is 19.7 Å². The second kappa shape index (κ2) is 7.53. The van der Waals surface area contributed by atoms with Gasteiger partial charge >= 0.3 is 5.69 Å². The lowest BCUT2D eigenvalue weighted by atomic mass is 10.2. The maximum Gasteiger partial charge on any atom is 0.343 e. The molecule has 0 amide bonds. The minimum Gasteiger partial charge on any atom is -0.441 e. The van der Waals surface area contributed by atoms with Gasteiger partial charge in [-0.05, 0) is 25.5 Å². The van der Waals surface area contributed by atoms with Crippen LogP contribution in [0.3, 0.4) is 0 Å². The van der Waals surface area contributed by atoms with Gasteiger partial charge in [-0.1, -0.05) is 43.3 Å². The van der Waals surface area contributed by atoms with E-state index in [0.717, 1.165) is 29.9 Å². The van der Waals surface area contributed by atoms with E-state index in [2.05, 4.69) is 22.1 Å². The van der Waals surface area contributed by atoms with Crippen LogP contribution in [0.15, 0.2) is 44.7 Å². The highest BCUT2D eigenvalue weighted by molar-refractivity contribution is 7.98. The Balaban J connectivity index is 1.74. The van der Waals surface area contributed by atoms with E-state index in [4.69, 9.17) is 4.42 Å². The average molecular weight is 344 g/mol. The second-order valence-corrected chi connectivity index (χ2v) is 6.44. The number of benzene rings is 1. The summed E-state index contributed by atoms with van der Waals surface area (Å²) in [6, 6.07) is 9.82. The first-order valence-electron chi connectivity index (χ1n) is 7.98. The highest BCUT2D eigenvalue weighted by atomic mass is 32.2. The van der Waals surface area contributed by atoms with Gasteiger partial charge in [-0.15, -0.1) is 5.10 Å². The Labute approximate surface area is 144 Å². The summed E-state index contributed by atoms with van der Waals surface area (Å²) in [5, 5.41) is 7.32. The Hall–Kier alpha value is -2.28. The number of hydrogen-bond acceptors (Lipinski definition) is 5. The molecule has 0 atom stereocenters. The molecule has 0 spiro atoms. The summed E-state index contributed by atoms with van der Waals surface area (Å²) in [5.74, 6) is 2.02. The van der Waals surface area contributed by atoms with E-state index in [1.165, 1.54) is 11.8 Å². The molecule has 6 nitrogen and oxygen atoms in total. The van der Waals surface area contributed by atoms with Crippen LogP contribution in [0, 0.1) is 6.92 Å². The summed E-state index contributed by atoms with van der Waals surface area (Å²) < 4.78 is 7.45. The normalized spacial score (nSPS) is 11.1. The fraction of sp³-hybridized carbons (Fsp3) is 0.353. The van der Waals surface area contributed by atoms with Crippen molar-refractivity contribution in [3.8, 4) is 11.5 Å². The van der Waals surface area contributed by atoms with Crippen molar-refractivity contribution in [2.24, 2.45) is 0 Å². The quantitative estimate of drug-likeness (QED) is 0.662. The maximum atomic E-state index is 11.8. The predicted octanol–water partition coefficient (Wildman–Crippen LogP) is 3.63. The first-order valence-corrected chi connectivity index (χ1v) is 8.97. The molecule has 2 heterocycles. The number of aryl methyl sites for hydroxylation is 1. The monoisotopic (exact) mass is 344 g/mol. The summed E-state index contributed by atoms with van der Waals surface area (Å²) in [6.07, 6.45) is 1.98. The summed E-state index contributed by atoms with van der Waals surface area (Å²) >= 11 is 1.49. The number of nitrogens with one attached hydrogen (secondary N) is 1. The van der Waals surface area contributed by atoms with Gasteiger partial charge in [-0.3, -0.25) is 4.57 Å². The van der Waals surface area contributed by atoms with Crippen LogP contribution in [0.1, 0.15) is 31.2 Å². The Morgan fingerprint density at radius 1 is 1.29 bits per heavy atom. The Morgan fingerprint density at radius 3 is 2.83 bits per heavy atom. The summed E-state index contributed by atoms with van der Waals surface area (Å²) in [5.41, 5.74) is 1.67. The van der Waals surface area contributed by atoms with Crippen molar-refractivity contribution in [2.45, 2.75) is 44.1 Å². The van der Waals surface area contributed by atoms with Crippen LogP contribution < -0.4 is 5.69 Å². The zero-order valence-corrected chi connectivity index (χ0v) is 14.6. The van der Waals surface area contributed by atoms with Gasteiger partial charge in [0.1, 0.15) is 5.76 Å². The molecule has 1 N–H and O–H groups in total. The van der Waals surface area contributed by atoms with Gasteiger partial charge in [-0.2, -0.15) is 0 Å². The topological polar surface area (TPSA) is 76.7 Å². The Bertz CT molecular complexity index is 851. The predicted molar refractivity (Wildman–Crippen MR) is 94.0 cm³/mol. The van der Waals surface area contributed by atoms with Gasteiger partial charge in [0.2, 0.25) is 5.89 Å². The molecular weight excluding hydrogens is 324 g/mol. The number of aromatic nitrogens is 4. The lowest BCUT2D eigenvalue weighted by Gasteiger charge is -2.03. The van der Waals surface area contributed by atoms with Crippen molar-refractivity contribution in [3.05, 3.63) is 52.3 Å². The highest BCUT2D eigenvalue weighted by Crippen LogP contribution is 2.26. The maximum absolute atomic E-state index is 11.8. The zero-order chi connectivity index (χ0) is 16.9. The number of rotatable bonds is 7. The zero-order valence-electron chi connectivity index (χ0n) is 13.8. The Kier molecular flexibility index (Phi) is 5.20. The van der Waals surface area contributed by atoms with Gasteiger partial charge in [0.15, 0.2) is 5.16 Å². The molecule has 3 aromatic rings. The van der Waals surface area contributed by atoms with Crippen LogP contribution in [0.25, 0.3) is 11.5 Å². The third-order valence-electron chi connectivity index (χ3n) is 3.71. The molecule has 0 bridgehead atoms. The molecule has 3 rings (SSSR count). The molecule has 0 saturated heterocycles. The fourth-order valence-electron chi connectivity index (χ4n) is 2.33. The molecule has 0 unspecified atom stereocenters. The van der Waals surface area contributed by atoms with Crippen molar-refractivity contribution in [1.29, 1.82) is 0 Å². The number of H-pyrrole nitrogens is 1. The van der Waals surface area contributed by atoms with Crippen LogP contribution in [0.5, 0.6) is 0 Å². The van der Waals surface area contributed by atoms with E-state index in [9.17, 15) is 4.79 Å². The number of hydrogen-bond donors (Lipinski definition) is 1. The molecule has 0 aliphatic carbocycles. The molecule has 2 aromatic heterocycles. The largest absolute Gasteiger partial charge is 0.441 e. The molecule has 0 fully saturated rings. The summed E-state index contributed by atoms with van der Waals surface area (Å²) in [7, 11) is 0. The number of unbranched alkanes of at least 4 members (excludes halogenated alkanes) is 1. The number of aromatic amines is 1. The van der Waals surface area contributed by atoms with Crippen LogP contribution in [0.2, 0.25) is 0 Å². The van der Waals surface area contributed by atoms with Crippen LogP contribution >= 0.6 is 11.8 Å². The lowest BCUT2D eigenvalue weighted by Crippen LogP contribution is -2.17. The molecule has 7 heteroatoms. The first-order chi connectivity index (χ1) is 11.7. The third kappa shape index (κ3) is 3.62. The van der Waals surface area contributed by atoms with Crippen LogP contribution in [0.4, 0.5) is 0 Å². The van der Waals surface area contributed by atoms with Gasteiger partial charge in [0.25, 0.3) is 0 Å². The molecule has 0 radical (unpaired) electrons. The van der Waals surface area contributed by atoms with E-state index in [0.29, 0.717) is 23.3 Å². The second-order valence-electron chi connectivity index (χ2n) is 5.49. The van der Waals surface area contributed by atoms with E-state index >= 15 is 0 Å². The smallest absolute Gasteiger partial charge is 0.343 e. The Morgan fingerprint density at radius 2 is 2.08 bits per heavy atom. The minimum atomic E-state index is -0.159. The molecular formula is C17H20N4O2S. The van der Waals surface area contributed by atoms with Crippen molar-refractivity contribution in [1.82, 2.24) is 19.7 Å². The van der Waals surface area contributed by atoms with Gasteiger partial charge in [0.05, 0.1) is 5.69 Å². The average Bonchev–Trinajstić information content (AvgIpc) is 3.15. The summed E-state index contributed by atoms with van der Waals surface area (Å²) in [4.78, 5) is 16.4. The standard InChI is InChI=1S/C17H20N4O2S/c1-3-4-10-21-16(22)19-20-17(21)24-11-14-12(2)23-15(18-14)13-8-6-5-7-9-13/h5-9H,3-4,10-11H2,1-2H3,(H,19,22). The number of oxazole rings is 1. The molecule has 0 aliphatic heterocycles. The van der Waals surface area contributed by atoms with Gasteiger partial charge < -0.3 is 4.42 Å². The van der Waals surface area contributed by atoms with E-state index in [1.54, 1.807) is 4.57 Å². The number of thioether (sulfide) groups is 1. The first kappa shape index (κ1) is 16.6. The SMILES string of the molecule is CCCCn1c(SCc2nc(-c3ccccc3)oc2C)n[nH]c1=O. The van der Waals surface area contributed by atoms with E-state index < -0.39 is 0 Å². The van der Waals surface area contributed by atoms with Crippen molar-refractivity contribution < 1.29 is 4.42 Å². The van der Waals surface area contributed by atoms with E-state index in [-0.39, 0.29) is 5.69 Å². The third-order valence-corrected chi connectivity index (χ3v) is 4.70.